The summed E-state index contributed by atoms with van der Waals surface area (Å²) >= 11 is 0. The van der Waals surface area contributed by atoms with Crippen molar-refractivity contribution in [1.29, 1.82) is 0 Å². The third kappa shape index (κ3) is 2.99. The molecule has 17 heavy (non-hydrogen) atoms. The maximum Gasteiger partial charge on any atom is 0.122 e. The van der Waals surface area contributed by atoms with E-state index in [0.717, 1.165) is 47.9 Å². The van der Waals surface area contributed by atoms with Crippen molar-refractivity contribution in [2.24, 2.45) is 0 Å². The molecule has 0 saturated carbocycles. The molecule has 3 nitrogen and oxygen atoms in total. The summed E-state index contributed by atoms with van der Waals surface area (Å²) in [5.74, 6) is 0.268. The second kappa shape index (κ2) is 6.62. The number of phenolic OH excluding ortho intramolecular Hbond substituents is 1. The average molecular weight is 238 g/mol. The van der Waals surface area contributed by atoms with E-state index in [2.05, 4.69) is 0 Å². The molecule has 0 unspecified atom stereocenters. The monoisotopic (exact) mass is 238 g/mol. The van der Waals surface area contributed by atoms with Gasteiger partial charge in [0.2, 0.25) is 0 Å². The van der Waals surface area contributed by atoms with E-state index in [4.69, 9.17) is 0 Å². The second-order valence-corrected chi connectivity index (χ2v) is 4.32. The summed E-state index contributed by atoms with van der Waals surface area (Å²) in [6, 6.07) is 1.82. The van der Waals surface area contributed by atoms with Gasteiger partial charge < -0.3 is 15.3 Å². The summed E-state index contributed by atoms with van der Waals surface area (Å²) in [6.45, 7) is 3.89. The molecule has 1 aromatic carbocycles. The molecule has 0 aromatic heterocycles. The molecule has 0 radical (unpaired) electrons. The number of hydrogen-bond acceptors (Lipinski definition) is 3. The van der Waals surface area contributed by atoms with Gasteiger partial charge in [0.25, 0.3) is 0 Å². The van der Waals surface area contributed by atoms with Gasteiger partial charge in [-0.25, -0.2) is 0 Å². The van der Waals surface area contributed by atoms with Gasteiger partial charge in [-0.3, -0.25) is 0 Å². The minimum atomic E-state index is -0.0949. The first-order chi connectivity index (χ1) is 8.19. The molecular weight excluding hydrogens is 216 g/mol. The van der Waals surface area contributed by atoms with Crippen molar-refractivity contribution in [3.05, 3.63) is 28.3 Å². The number of phenols is 1. The fourth-order valence-electron chi connectivity index (χ4n) is 2.21. The Kier molecular flexibility index (Phi) is 5.45. The highest BCUT2D eigenvalue weighted by Crippen LogP contribution is 2.32. The molecule has 3 heteroatoms. The molecule has 0 amide bonds. The normalized spacial score (nSPS) is 10.8. The van der Waals surface area contributed by atoms with E-state index >= 15 is 0 Å². The molecule has 0 atom stereocenters. The standard InChI is InChI=1S/C14H22O3/c1-3-5-12-10(8-15)7-11(9-16)13(6-4-2)14(12)17/h7,15-17H,3-6,8-9H2,1-2H3. The van der Waals surface area contributed by atoms with Crippen molar-refractivity contribution >= 4 is 0 Å². The van der Waals surface area contributed by atoms with Gasteiger partial charge in [0, 0.05) is 0 Å². The zero-order valence-electron chi connectivity index (χ0n) is 10.7. The zero-order valence-corrected chi connectivity index (χ0v) is 10.7. The molecule has 0 bridgehead atoms. The average Bonchev–Trinajstić information content (AvgIpc) is 2.34. The predicted octanol–water partition coefficient (Wildman–Crippen LogP) is 2.28. The van der Waals surface area contributed by atoms with Crippen LogP contribution in [0, 0.1) is 0 Å². The Bertz CT molecular complexity index is 340. The van der Waals surface area contributed by atoms with Crippen LogP contribution in [-0.4, -0.2) is 15.3 Å². The number of aromatic hydroxyl groups is 1. The maximum absolute atomic E-state index is 10.3. The number of rotatable bonds is 6. The first-order valence-corrected chi connectivity index (χ1v) is 6.26. The molecule has 0 aliphatic rings. The van der Waals surface area contributed by atoms with Crippen LogP contribution in [0.25, 0.3) is 0 Å². The lowest BCUT2D eigenvalue weighted by Crippen LogP contribution is -2.03. The highest BCUT2D eigenvalue weighted by molar-refractivity contribution is 5.50. The Morgan fingerprint density at radius 3 is 1.59 bits per heavy atom. The molecule has 1 rings (SSSR count). The van der Waals surface area contributed by atoms with Crippen molar-refractivity contribution < 1.29 is 15.3 Å². The summed E-state index contributed by atoms with van der Waals surface area (Å²) < 4.78 is 0. The molecule has 3 N–H and O–H groups in total. The molecule has 0 aliphatic heterocycles. The van der Waals surface area contributed by atoms with E-state index in [-0.39, 0.29) is 19.0 Å². The van der Waals surface area contributed by atoms with E-state index in [1.165, 1.54) is 0 Å². The third-order valence-corrected chi connectivity index (χ3v) is 3.04. The van der Waals surface area contributed by atoms with Gasteiger partial charge in [-0.2, -0.15) is 0 Å². The summed E-state index contributed by atoms with van der Waals surface area (Å²) in [5, 5.41) is 28.9. The Labute approximate surface area is 103 Å². The first-order valence-electron chi connectivity index (χ1n) is 6.26. The maximum atomic E-state index is 10.3. The Morgan fingerprint density at radius 2 is 1.29 bits per heavy atom. The van der Waals surface area contributed by atoms with E-state index in [1.54, 1.807) is 0 Å². The zero-order chi connectivity index (χ0) is 12.8. The van der Waals surface area contributed by atoms with Crippen LogP contribution in [0.4, 0.5) is 0 Å². The first kappa shape index (κ1) is 14.0. The lowest BCUT2D eigenvalue weighted by atomic mass is 9.92. The fourth-order valence-corrected chi connectivity index (χ4v) is 2.21. The SMILES string of the molecule is CCCc1c(CO)cc(CO)c(CCC)c1O. The van der Waals surface area contributed by atoms with Crippen molar-refractivity contribution in [3.63, 3.8) is 0 Å². The van der Waals surface area contributed by atoms with Crippen LogP contribution in [0.1, 0.15) is 48.9 Å². The Balaban J connectivity index is 3.33. The van der Waals surface area contributed by atoms with Crippen LogP contribution >= 0.6 is 0 Å². The topological polar surface area (TPSA) is 60.7 Å². The largest absolute Gasteiger partial charge is 0.507 e. The minimum Gasteiger partial charge on any atom is -0.507 e. The van der Waals surface area contributed by atoms with Gasteiger partial charge in [-0.05, 0) is 35.1 Å². The van der Waals surface area contributed by atoms with Crippen LogP contribution in [0.2, 0.25) is 0 Å². The molecule has 0 heterocycles. The Hall–Kier alpha value is -1.06. The number of aliphatic hydroxyl groups excluding tert-OH is 2. The van der Waals surface area contributed by atoms with Crippen LogP contribution < -0.4 is 0 Å². The molecule has 0 fully saturated rings. The molecular formula is C14H22O3. The van der Waals surface area contributed by atoms with Crippen molar-refractivity contribution in [2.75, 3.05) is 0 Å². The third-order valence-electron chi connectivity index (χ3n) is 3.04. The van der Waals surface area contributed by atoms with Gasteiger partial charge in [-0.15, -0.1) is 0 Å². The highest BCUT2D eigenvalue weighted by Gasteiger charge is 2.15. The van der Waals surface area contributed by atoms with E-state index < -0.39 is 0 Å². The number of hydrogen-bond donors (Lipinski definition) is 3. The molecule has 0 saturated heterocycles. The van der Waals surface area contributed by atoms with Crippen LogP contribution in [0.3, 0.4) is 0 Å². The van der Waals surface area contributed by atoms with Crippen LogP contribution in [0.15, 0.2) is 6.07 Å². The molecule has 1 aromatic rings. The minimum absolute atomic E-state index is 0.0949. The summed E-state index contributed by atoms with van der Waals surface area (Å²) in [6.07, 6.45) is 3.35. The van der Waals surface area contributed by atoms with E-state index in [9.17, 15) is 15.3 Å². The van der Waals surface area contributed by atoms with Crippen LogP contribution in [0.5, 0.6) is 5.75 Å². The number of benzene rings is 1. The van der Waals surface area contributed by atoms with E-state index in [0.29, 0.717) is 0 Å². The Morgan fingerprint density at radius 1 is 0.882 bits per heavy atom. The highest BCUT2D eigenvalue weighted by atomic mass is 16.3. The van der Waals surface area contributed by atoms with Crippen molar-refractivity contribution in [2.45, 2.75) is 52.7 Å². The molecule has 0 spiro atoms. The summed E-state index contributed by atoms with van der Waals surface area (Å²) in [5.41, 5.74) is 3.12. The van der Waals surface area contributed by atoms with Gasteiger partial charge in [0.1, 0.15) is 5.75 Å². The lowest BCUT2D eigenvalue weighted by molar-refractivity contribution is 0.271. The molecule has 0 aliphatic carbocycles. The van der Waals surface area contributed by atoms with Gasteiger partial charge in [0.05, 0.1) is 13.2 Å². The number of aliphatic hydroxyl groups is 2. The lowest BCUT2D eigenvalue weighted by Gasteiger charge is -2.17. The van der Waals surface area contributed by atoms with Crippen molar-refractivity contribution in [1.82, 2.24) is 0 Å². The quantitative estimate of drug-likeness (QED) is 0.712. The van der Waals surface area contributed by atoms with Crippen LogP contribution in [-0.2, 0) is 26.1 Å². The summed E-state index contributed by atoms with van der Waals surface area (Å²) in [7, 11) is 0. The second-order valence-electron chi connectivity index (χ2n) is 4.32. The van der Waals surface area contributed by atoms with Crippen molar-refractivity contribution in [3.8, 4) is 5.75 Å². The smallest absolute Gasteiger partial charge is 0.122 e. The van der Waals surface area contributed by atoms with Gasteiger partial charge in [0.15, 0.2) is 0 Å². The van der Waals surface area contributed by atoms with Gasteiger partial charge >= 0.3 is 0 Å². The van der Waals surface area contributed by atoms with E-state index in [1.807, 2.05) is 19.9 Å². The fraction of sp³-hybridized carbons (Fsp3) is 0.571. The molecule has 96 valence electrons. The van der Waals surface area contributed by atoms with Gasteiger partial charge in [-0.1, -0.05) is 32.8 Å². The predicted molar refractivity (Wildman–Crippen MR) is 67.9 cm³/mol. The summed E-state index contributed by atoms with van der Waals surface area (Å²) in [4.78, 5) is 0.